The normalized spacial score (nSPS) is 22.2. The molecule has 0 bridgehead atoms. The van der Waals surface area contributed by atoms with Gasteiger partial charge in [0.1, 0.15) is 5.82 Å². The molecule has 2 fully saturated rings. The van der Waals surface area contributed by atoms with Gasteiger partial charge in [0, 0.05) is 38.3 Å². The minimum absolute atomic E-state index is 0.236. The van der Waals surface area contributed by atoms with Crippen molar-refractivity contribution in [2.75, 3.05) is 25.0 Å². The first-order valence-corrected chi connectivity index (χ1v) is 8.14. The number of carbonyl (C=O) groups is 1. The maximum Gasteiger partial charge on any atom is 0.225 e. The van der Waals surface area contributed by atoms with Gasteiger partial charge in [-0.25, -0.2) is 4.98 Å². The van der Waals surface area contributed by atoms with Crippen LogP contribution in [-0.2, 0) is 4.79 Å². The van der Waals surface area contributed by atoms with Crippen LogP contribution in [0.4, 0.5) is 5.82 Å². The van der Waals surface area contributed by atoms with E-state index < -0.39 is 0 Å². The third-order valence-corrected chi connectivity index (χ3v) is 4.79. The molecule has 21 heavy (non-hydrogen) atoms. The molecule has 1 saturated carbocycles. The van der Waals surface area contributed by atoms with Crippen molar-refractivity contribution in [2.45, 2.75) is 31.7 Å². The fraction of sp³-hybridized carbons (Fsp3) is 0.600. The predicted molar refractivity (Wildman–Crippen MR) is 85.0 cm³/mol. The molecule has 1 amide bonds. The van der Waals surface area contributed by atoms with Gasteiger partial charge in [-0.1, -0.05) is 23.2 Å². The van der Waals surface area contributed by atoms with Crippen LogP contribution in [0.15, 0.2) is 12.3 Å². The number of pyridine rings is 1. The predicted octanol–water partition coefficient (Wildman–Crippen LogP) is 3.23. The van der Waals surface area contributed by atoms with Gasteiger partial charge in [0.2, 0.25) is 5.91 Å². The van der Waals surface area contributed by atoms with Gasteiger partial charge in [0.25, 0.3) is 0 Å². The smallest absolute Gasteiger partial charge is 0.225 e. The van der Waals surface area contributed by atoms with Crippen LogP contribution >= 0.6 is 23.2 Å². The van der Waals surface area contributed by atoms with Gasteiger partial charge < -0.3 is 9.80 Å². The summed E-state index contributed by atoms with van der Waals surface area (Å²) < 4.78 is 0. The van der Waals surface area contributed by atoms with Crippen LogP contribution in [0, 0.1) is 5.92 Å². The number of hydrogen-bond acceptors (Lipinski definition) is 3. The molecule has 1 atom stereocenters. The summed E-state index contributed by atoms with van der Waals surface area (Å²) in [6.45, 7) is 1.69. The van der Waals surface area contributed by atoms with Gasteiger partial charge in [-0.2, -0.15) is 0 Å². The van der Waals surface area contributed by atoms with E-state index in [0.29, 0.717) is 10.0 Å². The lowest BCUT2D eigenvalue weighted by atomic mass is 10.0. The van der Waals surface area contributed by atoms with Gasteiger partial charge in [-0.15, -0.1) is 0 Å². The molecular formula is C15H19Cl2N3O. The number of piperidine rings is 1. The molecule has 0 radical (unpaired) electrons. The summed E-state index contributed by atoms with van der Waals surface area (Å²) >= 11 is 12.1. The molecule has 0 aromatic carbocycles. The number of carbonyl (C=O) groups excluding carboxylic acids is 1. The van der Waals surface area contributed by atoms with Gasteiger partial charge in [0.15, 0.2) is 0 Å². The topological polar surface area (TPSA) is 36.4 Å². The molecule has 4 nitrogen and oxygen atoms in total. The Labute approximate surface area is 135 Å². The van der Waals surface area contributed by atoms with Crippen molar-refractivity contribution in [1.29, 1.82) is 0 Å². The number of likely N-dealkylation sites (N-methyl/N-ethyl adjacent to an activating group) is 1. The molecule has 6 heteroatoms. The number of nitrogens with zero attached hydrogens (tertiary/aromatic N) is 3. The van der Waals surface area contributed by atoms with E-state index in [1.54, 1.807) is 12.3 Å². The zero-order valence-corrected chi connectivity index (χ0v) is 13.6. The molecule has 2 aliphatic rings. The van der Waals surface area contributed by atoms with Crippen molar-refractivity contribution in [1.82, 2.24) is 9.88 Å². The Bertz CT molecular complexity index is 548. The lowest BCUT2D eigenvalue weighted by Gasteiger charge is -2.38. The Kier molecular flexibility index (Phi) is 4.27. The summed E-state index contributed by atoms with van der Waals surface area (Å²) in [6.07, 6.45) is 5.78. The minimum Gasteiger partial charge on any atom is -0.353 e. The van der Waals surface area contributed by atoms with Crippen molar-refractivity contribution in [3.8, 4) is 0 Å². The largest absolute Gasteiger partial charge is 0.353 e. The Morgan fingerprint density at radius 2 is 2.14 bits per heavy atom. The van der Waals surface area contributed by atoms with Crippen LogP contribution in [-0.4, -0.2) is 42.0 Å². The maximum absolute atomic E-state index is 12.2. The van der Waals surface area contributed by atoms with Crippen molar-refractivity contribution < 1.29 is 4.79 Å². The average molecular weight is 328 g/mol. The molecule has 1 aromatic heterocycles. The van der Waals surface area contributed by atoms with Crippen LogP contribution in [0.3, 0.4) is 0 Å². The van der Waals surface area contributed by atoms with E-state index in [-0.39, 0.29) is 17.9 Å². The van der Waals surface area contributed by atoms with E-state index in [2.05, 4.69) is 9.88 Å². The highest BCUT2D eigenvalue weighted by molar-refractivity contribution is 6.36. The molecule has 114 valence electrons. The highest BCUT2D eigenvalue weighted by atomic mass is 35.5. The molecule has 1 aromatic rings. The lowest BCUT2D eigenvalue weighted by Crippen LogP contribution is -2.49. The summed E-state index contributed by atoms with van der Waals surface area (Å²) in [5.74, 6) is 1.32. The van der Waals surface area contributed by atoms with E-state index in [1.807, 2.05) is 11.9 Å². The van der Waals surface area contributed by atoms with Crippen molar-refractivity contribution in [3.63, 3.8) is 0 Å². The fourth-order valence-electron chi connectivity index (χ4n) is 2.90. The van der Waals surface area contributed by atoms with Gasteiger partial charge >= 0.3 is 0 Å². The number of aromatic nitrogens is 1. The average Bonchev–Trinajstić information content (AvgIpc) is 3.30. The zero-order chi connectivity index (χ0) is 15.0. The molecule has 1 unspecified atom stereocenters. The van der Waals surface area contributed by atoms with E-state index in [4.69, 9.17) is 23.2 Å². The number of anilines is 1. The summed E-state index contributed by atoms with van der Waals surface area (Å²) in [7, 11) is 1.92. The second kappa shape index (κ2) is 6.01. The molecule has 2 heterocycles. The highest BCUT2D eigenvalue weighted by Gasteiger charge is 2.36. The van der Waals surface area contributed by atoms with Crippen LogP contribution in [0.25, 0.3) is 0 Å². The Hall–Kier alpha value is -1.000. The van der Waals surface area contributed by atoms with Crippen LogP contribution in [0.5, 0.6) is 0 Å². The standard InChI is InChI=1S/C15H19Cl2N3O/c1-19(15(21)10-4-5-10)12-3-2-6-20(9-12)14-13(17)7-11(16)8-18-14/h7-8,10,12H,2-6,9H2,1H3. The Morgan fingerprint density at radius 3 is 2.81 bits per heavy atom. The third kappa shape index (κ3) is 3.27. The van der Waals surface area contributed by atoms with Crippen molar-refractivity contribution in [2.24, 2.45) is 5.92 Å². The van der Waals surface area contributed by atoms with Crippen molar-refractivity contribution >= 4 is 34.9 Å². The van der Waals surface area contributed by atoms with Gasteiger partial charge in [0.05, 0.1) is 10.0 Å². The SMILES string of the molecule is CN(C(=O)C1CC1)C1CCCN(c2ncc(Cl)cc2Cl)C1. The molecule has 1 aliphatic heterocycles. The summed E-state index contributed by atoms with van der Waals surface area (Å²) in [5.41, 5.74) is 0. The Morgan fingerprint density at radius 1 is 1.38 bits per heavy atom. The summed E-state index contributed by atoms with van der Waals surface area (Å²) in [5, 5.41) is 1.11. The lowest BCUT2D eigenvalue weighted by molar-refractivity contribution is -0.133. The number of rotatable bonds is 3. The van der Waals surface area contributed by atoms with E-state index >= 15 is 0 Å². The Balaban J connectivity index is 1.71. The second-order valence-corrected chi connectivity index (χ2v) is 6.77. The quantitative estimate of drug-likeness (QED) is 0.855. The number of hydrogen-bond donors (Lipinski definition) is 0. The maximum atomic E-state index is 12.2. The van der Waals surface area contributed by atoms with E-state index in [1.165, 1.54) is 0 Å². The molecule has 1 aliphatic carbocycles. The van der Waals surface area contributed by atoms with Crippen LogP contribution in [0.1, 0.15) is 25.7 Å². The monoisotopic (exact) mass is 327 g/mol. The van der Waals surface area contributed by atoms with Crippen LogP contribution in [0.2, 0.25) is 10.0 Å². The fourth-order valence-corrected chi connectivity index (χ4v) is 3.40. The van der Waals surface area contributed by atoms with Crippen LogP contribution < -0.4 is 4.90 Å². The first-order chi connectivity index (χ1) is 10.1. The van der Waals surface area contributed by atoms with Gasteiger partial charge in [-0.05, 0) is 31.7 Å². The molecule has 0 spiro atoms. The first-order valence-electron chi connectivity index (χ1n) is 7.39. The highest BCUT2D eigenvalue weighted by Crippen LogP contribution is 2.33. The van der Waals surface area contributed by atoms with Crippen molar-refractivity contribution in [3.05, 3.63) is 22.3 Å². The first kappa shape index (κ1) is 14.9. The van der Waals surface area contributed by atoms with E-state index in [9.17, 15) is 4.79 Å². The number of halogens is 2. The minimum atomic E-state index is 0.236. The molecular weight excluding hydrogens is 309 g/mol. The molecule has 0 N–H and O–H groups in total. The summed E-state index contributed by atoms with van der Waals surface area (Å²) in [4.78, 5) is 20.6. The second-order valence-electron chi connectivity index (χ2n) is 5.92. The molecule has 1 saturated heterocycles. The van der Waals surface area contributed by atoms with E-state index in [0.717, 1.165) is 44.6 Å². The zero-order valence-electron chi connectivity index (χ0n) is 12.1. The number of amides is 1. The summed E-state index contributed by atoms with van der Waals surface area (Å²) in [6, 6.07) is 1.95. The third-order valence-electron chi connectivity index (χ3n) is 4.31. The molecule has 3 rings (SSSR count). The van der Waals surface area contributed by atoms with Gasteiger partial charge in [-0.3, -0.25) is 4.79 Å².